The summed E-state index contributed by atoms with van der Waals surface area (Å²) in [6.07, 6.45) is 2.92. The van der Waals surface area contributed by atoms with Crippen LogP contribution in [-0.2, 0) is 6.54 Å². The third kappa shape index (κ3) is 1.30. The van der Waals surface area contributed by atoms with Gasteiger partial charge >= 0.3 is 0 Å². The van der Waals surface area contributed by atoms with E-state index in [1.807, 2.05) is 23.9 Å². The van der Waals surface area contributed by atoms with Crippen molar-refractivity contribution >= 4 is 11.0 Å². The molecule has 2 heterocycles. The zero-order chi connectivity index (χ0) is 9.26. The molecule has 0 bridgehead atoms. The van der Waals surface area contributed by atoms with Crippen LogP contribution in [0, 0.1) is 6.92 Å². The lowest BCUT2D eigenvalue weighted by Gasteiger charge is -1.98. The molecule has 0 radical (unpaired) electrons. The maximum absolute atomic E-state index is 4.43. The Labute approximate surface area is 77.4 Å². The first-order valence-corrected chi connectivity index (χ1v) is 4.61. The van der Waals surface area contributed by atoms with E-state index in [4.69, 9.17) is 0 Å². The van der Waals surface area contributed by atoms with Gasteiger partial charge < -0.3 is 0 Å². The summed E-state index contributed by atoms with van der Waals surface area (Å²) in [6.45, 7) is 5.12. The van der Waals surface area contributed by atoms with Gasteiger partial charge in [-0.15, -0.1) is 0 Å². The fourth-order valence-corrected chi connectivity index (χ4v) is 1.55. The Morgan fingerprint density at radius 1 is 1.46 bits per heavy atom. The lowest BCUT2D eigenvalue weighted by Crippen LogP contribution is -1.98. The Balaban J connectivity index is 2.63. The number of nitrogens with zero attached hydrogens (tertiary/aromatic N) is 3. The van der Waals surface area contributed by atoms with Gasteiger partial charge in [0.25, 0.3) is 0 Å². The number of aryl methyl sites for hydroxylation is 2. The molecule has 0 aliphatic rings. The lowest BCUT2D eigenvalue weighted by atomic mass is 10.3. The Bertz CT molecular complexity index is 417. The van der Waals surface area contributed by atoms with Crippen molar-refractivity contribution < 1.29 is 0 Å². The Kier molecular flexibility index (Phi) is 2.00. The molecule has 0 unspecified atom stereocenters. The van der Waals surface area contributed by atoms with Crippen LogP contribution < -0.4 is 0 Å². The molecule has 0 aliphatic heterocycles. The molecule has 0 spiro atoms. The summed E-state index contributed by atoms with van der Waals surface area (Å²) in [5.41, 5.74) is 3.18. The predicted molar refractivity (Wildman–Crippen MR) is 52.6 cm³/mol. The van der Waals surface area contributed by atoms with Gasteiger partial charge in [-0.3, -0.25) is 9.67 Å². The Morgan fingerprint density at radius 3 is 3.08 bits per heavy atom. The van der Waals surface area contributed by atoms with Gasteiger partial charge in [0.1, 0.15) is 5.52 Å². The van der Waals surface area contributed by atoms with Crippen LogP contribution in [0.15, 0.2) is 18.3 Å². The number of hydrogen-bond acceptors (Lipinski definition) is 2. The molecule has 2 rings (SSSR count). The summed E-state index contributed by atoms with van der Waals surface area (Å²) >= 11 is 0. The van der Waals surface area contributed by atoms with Gasteiger partial charge in [0, 0.05) is 12.7 Å². The molecule has 0 N–H and O–H groups in total. The standard InChI is InChI=1S/C10H13N3/c1-3-7-13-9-5-4-6-11-10(9)8(2)12-13/h4-6H,3,7H2,1-2H3. The topological polar surface area (TPSA) is 30.7 Å². The summed E-state index contributed by atoms with van der Waals surface area (Å²) in [7, 11) is 0. The quantitative estimate of drug-likeness (QED) is 0.700. The molecule has 3 heteroatoms. The van der Waals surface area contributed by atoms with E-state index >= 15 is 0 Å². The van der Waals surface area contributed by atoms with Gasteiger partial charge in [0.15, 0.2) is 0 Å². The molecule has 0 atom stereocenters. The zero-order valence-corrected chi connectivity index (χ0v) is 7.99. The lowest BCUT2D eigenvalue weighted by molar-refractivity contribution is 0.617. The van der Waals surface area contributed by atoms with Gasteiger partial charge in [-0.25, -0.2) is 0 Å². The number of hydrogen-bond donors (Lipinski definition) is 0. The van der Waals surface area contributed by atoms with Crippen LogP contribution in [0.25, 0.3) is 11.0 Å². The average molecular weight is 175 g/mol. The normalized spacial score (nSPS) is 10.9. The monoisotopic (exact) mass is 175 g/mol. The average Bonchev–Trinajstić information content (AvgIpc) is 2.46. The number of rotatable bonds is 2. The third-order valence-electron chi connectivity index (χ3n) is 2.11. The van der Waals surface area contributed by atoms with Crippen LogP contribution in [-0.4, -0.2) is 14.8 Å². The van der Waals surface area contributed by atoms with Crippen LogP contribution in [0.3, 0.4) is 0 Å². The minimum absolute atomic E-state index is 0.968. The molecular formula is C10H13N3. The summed E-state index contributed by atoms with van der Waals surface area (Å²) in [5, 5.41) is 4.43. The first-order valence-electron chi connectivity index (χ1n) is 4.61. The molecule has 0 aliphatic carbocycles. The van der Waals surface area contributed by atoms with Gasteiger partial charge in [0.2, 0.25) is 0 Å². The SMILES string of the molecule is CCCn1nc(C)c2ncccc21. The largest absolute Gasteiger partial charge is 0.263 e. The maximum Gasteiger partial charge on any atom is 0.111 e. The van der Waals surface area contributed by atoms with Crippen LogP contribution in [0.5, 0.6) is 0 Å². The van der Waals surface area contributed by atoms with E-state index in [0.29, 0.717) is 0 Å². The van der Waals surface area contributed by atoms with Crippen molar-refractivity contribution in [2.75, 3.05) is 0 Å². The molecule has 0 aromatic carbocycles. The van der Waals surface area contributed by atoms with Crippen LogP contribution in [0.1, 0.15) is 19.0 Å². The molecule has 0 fully saturated rings. The summed E-state index contributed by atoms with van der Waals surface area (Å²) in [6, 6.07) is 4.02. The van der Waals surface area contributed by atoms with E-state index in [0.717, 1.165) is 29.7 Å². The van der Waals surface area contributed by atoms with E-state index in [9.17, 15) is 0 Å². The van der Waals surface area contributed by atoms with Crippen LogP contribution in [0.2, 0.25) is 0 Å². The van der Waals surface area contributed by atoms with E-state index in [2.05, 4.69) is 23.1 Å². The predicted octanol–water partition coefficient (Wildman–Crippen LogP) is 2.15. The fourth-order valence-electron chi connectivity index (χ4n) is 1.55. The first-order chi connectivity index (χ1) is 6.33. The van der Waals surface area contributed by atoms with Gasteiger partial charge in [-0.2, -0.15) is 5.10 Å². The van der Waals surface area contributed by atoms with E-state index < -0.39 is 0 Å². The number of fused-ring (bicyclic) bond motifs is 1. The summed E-state index contributed by atoms with van der Waals surface area (Å²) in [4.78, 5) is 4.30. The van der Waals surface area contributed by atoms with Crippen LogP contribution >= 0.6 is 0 Å². The number of aromatic nitrogens is 3. The van der Waals surface area contributed by atoms with Crippen molar-refractivity contribution in [1.29, 1.82) is 0 Å². The van der Waals surface area contributed by atoms with Crippen molar-refractivity contribution in [1.82, 2.24) is 14.8 Å². The van der Waals surface area contributed by atoms with Crippen molar-refractivity contribution in [3.05, 3.63) is 24.0 Å². The second-order valence-corrected chi connectivity index (χ2v) is 3.18. The van der Waals surface area contributed by atoms with Gasteiger partial charge in [0.05, 0.1) is 11.2 Å². The third-order valence-corrected chi connectivity index (χ3v) is 2.11. The maximum atomic E-state index is 4.43. The van der Waals surface area contributed by atoms with E-state index in [1.165, 1.54) is 0 Å². The Hall–Kier alpha value is -1.38. The van der Waals surface area contributed by atoms with Gasteiger partial charge in [-0.05, 0) is 25.5 Å². The molecule has 3 nitrogen and oxygen atoms in total. The second-order valence-electron chi connectivity index (χ2n) is 3.18. The number of pyridine rings is 1. The van der Waals surface area contributed by atoms with E-state index in [1.54, 1.807) is 0 Å². The van der Waals surface area contributed by atoms with Crippen molar-refractivity contribution in [2.45, 2.75) is 26.8 Å². The first kappa shape index (κ1) is 8.23. The molecule has 68 valence electrons. The molecular weight excluding hydrogens is 162 g/mol. The molecule has 13 heavy (non-hydrogen) atoms. The van der Waals surface area contributed by atoms with Crippen molar-refractivity contribution in [3.63, 3.8) is 0 Å². The van der Waals surface area contributed by atoms with E-state index in [-0.39, 0.29) is 0 Å². The zero-order valence-electron chi connectivity index (χ0n) is 7.99. The molecule has 2 aromatic rings. The molecule has 2 aromatic heterocycles. The van der Waals surface area contributed by atoms with Crippen molar-refractivity contribution in [2.24, 2.45) is 0 Å². The molecule has 0 saturated carbocycles. The summed E-state index contributed by atoms with van der Waals surface area (Å²) < 4.78 is 2.03. The highest BCUT2D eigenvalue weighted by Gasteiger charge is 2.05. The molecule has 0 amide bonds. The highest BCUT2D eigenvalue weighted by atomic mass is 15.3. The van der Waals surface area contributed by atoms with Crippen LogP contribution in [0.4, 0.5) is 0 Å². The summed E-state index contributed by atoms with van der Waals surface area (Å²) in [5.74, 6) is 0. The fraction of sp³-hybridized carbons (Fsp3) is 0.400. The highest BCUT2D eigenvalue weighted by molar-refractivity contribution is 5.76. The minimum Gasteiger partial charge on any atom is -0.263 e. The minimum atomic E-state index is 0.968. The highest BCUT2D eigenvalue weighted by Crippen LogP contribution is 2.14. The van der Waals surface area contributed by atoms with Crippen molar-refractivity contribution in [3.8, 4) is 0 Å². The smallest absolute Gasteiger partial charge is 0.111 e. The second kappa shape index (κ2) is 3.17. The molecule has 0 saturated heterocycles. The Morgan fingerprint density at radius 2 is 2.31 bits per heavy atom. The van der Waals surface area contributed by atoms with Gasteiger partial charge in [-0.1, -0.05) is 6.92 Å².